The average Bonchev–Trinajstić information content (AvgIpc) is 3.10. The Morgan fingerprint density at radius 3 is 2.18 bits per heavy atom. The average molecular weight is 475 g/mol. The molecule has 0 aliphatic rings. The highest BCUT2D eigenvalue weighted by atomic mass is 32.1. The normalized spacial score (nSPS) is 12.0. The van der Waals surface area contributed by atoms with E-state index in [1.54, 1.807) is 32.0 Å². The minimum absolute atomic E-state index is 0.0155. The summed E-state index contributed by atoms with van der Waals surface area (Å²) in [7, 11) is 0. The molecule has 0 bridgehead atoms. The summed E-state index contributed by atoms with van der Waals surface area (Å²) in [5.74, 6) is -2.86. The van der Waals surface area contributed by atoms with Crippen LogP contribution in [0.15, 0.2) is 36.4 Å². The number of thiophene rings is 1. The number of hydrogen-bond acceptors (Lipinski definition) is 6. The van der Waals surface area contributed by atoms with Crippen molar-refractivity contribution in [2.24, 2.45) is 11.5 Å². The molecule has 2 heterocycles. The first-order valence-corrected chi connectivity index (χ1v) is 10.7. The molecule has 2 amide bonds. The van der Waals surface area contributed by atoms with Crippen molar-refractivity contribution in [3.05, 3.63) is 64.9 Å². The Bertz CT molecular complexity index is 1230. The number of anilines is 2. The van der Waals surface area contributed by atoms with E-state index in [-0.39, 0.29) is 32.4 Å². The molecule has 3 rings (SSSR count). The lowest BCUT2D eigenvalue weighted by molar-refractivity contribution is -0.122. The van der Waals surface area contributed by atoms with E-state index in [1.807, 2.05) is 0 Å². The van der Waals surface area contributed by atoms with Gasteiger partial charge in [-0.3, -0.25) is 9.59 Å². The van der Waals surface area contributed by atoms with Gasteiger partial charge in [-0.1, -0.05) is 6.07 Å². The van der Waals surface area contributed by atoms with Crippen molar-refractivity contribution in [2.45, 2.75) is 38.7 Å². The summed E-state index contributed by atoms with van der Waals surface area (Å²) >= 11 is 0.911. The van der Waals surface area contributed by atoms with Gasteiger partial charge in [0.15, 0.2) is 0 Å². The number of aliphatic hydroxyl groups is 1. The van der Waals surface area contributed by atoms with Gasteiger partial charge in [-0.05, 0) is 63.6 Å². The number of nitrogens with zero attached hydrogens (tertiary/aromatic N) is 1. The Labute approximate surface area is 193 Å². The second kappa shape index (κ2) is 8.53. The first kappa shape index (κ1) is 24.3. The van der Waals surface area contributed by atoms with Crippen LogP contribution in [0, 0.1) is 11.6 Å². The second-order valence-corrected chi connectivity index (χ2v) is 9.67. The van der Waals surface area contributed by atoms with E-state index in [0.717, 1.165) is 23.5 Å². The van der Waals surface area contributed by atoms with Crippen LogP contribution in [0.5, 0.6) is 0 Å². The van der Waals surface area contributed by atoms with Crippen LogP contribution in [0.4, 0.5) is 19.6 Å². The van der Waals surface area contributed by atoms with Crippen LogP contribution >= 0.6 is 11.3 Å². The molecular formula is C23H24F2N4O3S. The van der Waals surface area contributed by atoms with Gasteiger partial charge in [0.25, 0.3) is 5.91 Å². The molecule has 3 aromatic rings. The van der Waals surface area contributed by atoms with Gasteiger partial charge in [-0.2, -0.15) is 0 Å². The van der Waals surface area contributed by atoms with E-state index in [9.17, 15) is 23.5 Å². The third kappa shape index (κ3) is 4.86. The number of benzene rings is 1. The highest BCUT2D eigenvalue weighted by Gasteiger charge is 2.29. The molecule has 0 radical (unpaired) electrons. The quantitative estimate of drug-likeness (QED) is 0.412. The lowest BCUT2D eigenvalue weighted by atomic mass is 9.88. The predicted octanol–water partition coefficient (Wildman–Crippen LogP) is 3.92. The van der Waals surface area contributed by atoms with Gasteiger partial charge in [0.2, 0.25) is 5.91 Å². The largest absolute Gasteiger partial charge is 0.386 e. The molecule has 1 aromatic carbocycles. The van der Waals surface area contributed by atoms with E-state index >= 15 is 0 Å². The summed E-state index contributed by atoms with van der Waals surface area (Å²) in [4.78, 5) is 28.3. The van der Waals surface area contributed by atoms with Crippen molar-refractivity contribution in [2.75, 3.05) is 5.32 Å². The van der Waals surface area contributed by atoms with Gasteiger partial charge >= 0.3 is 0 Å². The molecule has 0 unspecified atom stereocenters. The number of primary amides is 2. The summed E-state index contributed by atoms with van der Waals surface area (Å²) in [5.41, 5.74) is 8.60. The van der Waals surface area contributed by atoms with Crippen LogP contribution in [-0.4, -0.2) is 21.9 Å². The smallest absolute Gasteiger partial charge is 0.251 e. The van der Waals surface area contributed by atoms with Crippen molar-refractivity contribution in [3.63, 3.8) is 0 Å². The second-order valence-electron chi connectivity index (χ2n) is 8.61. The number of aromatic nitrogens is 1. The molecule has 174 valence electrons. The molecule has 6 N–H and O–H groups in total. The number of amides is 2. The fourth-order valence-electron chi connectivity index (χ4n) is 3.05. The number of pyridine rings is 1. The molecule has 0 atom stereocenters. The van der Waals surface area contributed by atoms with E-state index in [0.29, 0.717) is 5.69 Å². The molecule has 0 spiro atoms. The number of carbonyl (C=O) groups is 2. The molecule has 10 heteroatoms. The van der Waals surface area contributed by atoms with Gasteiger partial charge in [0, 0.05) is 4.88 Å². The number of hydrogen-bond donors (Lipinski definition) is 4. The molecule has 0 saturated carbocycles. The van der Waals surface area contributed by atoms with Gasteiger partial charge in [0.1, 0.15) is 22.5 Å². The fraction of sp³-hybridized carbons (Fsp3) is 0.261. The van der Waals surface area contributed by atoms with E-state index in [1.165, 1.54) is 19.9 Å². The first-order valence-electron chi connectivity index (χ1n) is 9.92. The van der Waals surface area contributed by atoms with Gasteiger partial charge in [0.05, 0.1) is 27.8 Å². The fourth-order valence-corrected chi connectivity index (χ4v) is 4.17. The van der Waals surface area contributed by atoms with Gasteiger partial charge in [-0.15, -0.1) is 11.3 Å². The van der Waals surface area contributed by atoms with Crippen molar-refractivity contribution in [3.8, 4) is 10.4 Å². The SMILES string of the molecule is CC(C)(O)c1cc(F)c(-c2cc(C(N)=O)c(Nc3cccc(C(C)(C)C(N)=O)n3)s2)c(F)c1. The van der Waals surface area contributed by atoms with Crippen molar-refractivity contribution < 1.29 is 23.5 Å². The topological polar surface area (TPSA) is 131 Å². The zero-order chi connectivity index (χ0) is 24.7. The number of nitrogens with one attached hydrogen (secondary N) is 1. The summed E-state index contributed by atoms with van der Waals surface area (Å²) in [6.07, 6.45) is 0. The Kier molecular flexibility index (Phi) is 6.27. The highest BCUT2D eigenvalue weighted by molar-refractivity contribution is 7.20. The summed E-state index contributed by atoms with van der Waals surface area (Å²) in [6, 6.07) is 8.28. The maximum atomic E-state index is 14.8. The number of nitrogens with two attached hydrogens (primary N) is 2. The molecule has 2 aromatic heterocycles. The van der Waals surface area contributed by atoms with Crippen molar-refractivity contribution >= 4 is 34.0 Å². The molecular weight excluding hydrogens is 450 g/mol. The molecule has 0 saturated heterocycles. The Morgan fingerprint density at radius 2 is 1.67 bits per heavy atom. The maximum absolute atomic E-state index is 14.8. The lowest BCUT2D eigenvalue weighted by Gasteiger charge is -2.20. The van der Waals surface area contributed by atoms with Gasteiger partial charge in [-0.25, -0.2) is 13.8 Å². The minimum Gasteiger partial charge on any atom is -0.386 e. The van der Waals surface area contributed by atoms with E-state index < -0.39 is 34.5 Å². The Balaban J connectivity index is 2.05. The Hall–Kier alpha value is -3.37. The van der Waals surface area contributed by atoms with Crippen LogP contribution < -0.4 is 16.8 Å². The van der Waals surface area contributed by atoms with Crippen molar-refractivity contribution in [1.29, 1.82) is 0 Å². The third-order valence-corrected chi connectivity index (χ3v) is 6.31. The number of carbonyl (C=O) groups excluding carboxylic acids is 2. The van der Waals surface area contributed by atoms with Crippen molar-refractivity contribution in [1.82, 2.24) is 4.98 Å². The van der Waals surface area contributed by atoms with E-state index in [2.05, 4.69) is 10.3 Å². The number of halogens is 2. The minimum atomic E-state index is -1.43. The lowest BCUT2D eigenvalue weighted by Crippen LogP contribution is -2.36. The van der Waals surface area contributed by atoms with Crippen LogP contribution in [-0.2, 0) is 15.8 Å². The maximum Gasteiger partial charge on any atom is 0.251 e. The third-order valence-electron chi connectivity index (χ3n) is 5.24. The predicted molar refractivity (Wildman–Crippen MR) is 123 cm³/mol. The van der Waals surface area contributed by atoms with Crippen LogP contribution in [0.3, 0.4) is 0 Å². The summed E-state index contributed by atoms with van der Waals surface area (Å²) < 4.78 is 29.6. The standard InChI is InChI=1S/C23H24F2N4O3S/c1-22(2,21(27)31)16-6-5-7-17(28-16)29-20-12(19(26)30)10-15(33-20)18-13(24)8-11(9-14(18)25)23(3,4)32/h5-10,32H,1-4H3,(H2,26,30)(H2,27,31)(H,28,29). The molecule has 33 heavy (non-hydrogen) atoms. The molecule has 0 aliphatic heterocycles. The molecule has 7 nitrogen and oxygen atoms in total. The van der Waals surface area contributed by atoms with Crippen LogP contribution in [0.2, 0.25) is 0 Å². The summed E-state index contributed by atoms with van der Waals surface area (Å²) in [6.45, 7) is 6.09. The van der Waals surface area contributed by atoms with Crippen LogP contribution in [0.1, 0.15) is 49.3 Å². The summed E-state index contributed by atoms with van der Waals surface area (Å²) in [5, 5.41) is 13.2. The first-order chi connectivity index (χ1) is 15.2. The zero-order valence-electron chi connectivity index (χ0n) is 18.5. The Morgan fingerprint density at radius 1 is 1.06 bits per heavy atom. The highest BCUT2D eigenvalue weighted by Crippen LogP contribution is 2.40. The van der Waals surface area contributed by atoms with E-state index in [4.69, 9.17) is 11.5 Å². The monoisotopic (exact) mass is 474 g/mol. The molecule has 0 fully saturated rings. The molecule has 0 aliphatic carbocycles. The number of rotatable bonds is 7. The van der Waals surface area contributed by atoms with Crippen LogP contribution in [0.25, 0.3) is 10.4 Å². The van der Waals surface area contributed by atoms with Gasteiger partial charge < -0.3 is 21.9 Å². The zero-order valence-corrected chi connectivity index (χ0v) is 19.3.